The molecular weight excluding hydrogens is 595 g/mol. The first kappa shape index (κ1) is 29.6. The summed E-state index contributed by atoms with van der Waals surface area (Å²) in [7, 11) is 0. The van der Waals surface area contributed by atoms with Crippen molar-refractivity contribution in [1.82, 2.24) is 19.6 Å². The lowest BCUT2D eigenvalue weighted by Gasteiger charge is -2.23. The number of nitrogens with zero attached hydrogens (tertiary/aromatic N) is 5. The van der Waals surface area contributed by atoms with E-state index in [9.17, 15) is 14.7 Å². The van der Waals surface area contributed by atoms with Crippen LogP contribution in [0, 0.1) is 13.8 Å². The molecule has 1 saturated heterocycles. The van der Waals surface area contributed by atoms with Crippen molar-refractivity contribution in [2.24, 2.45) is 0 Å². The van der Waals surface area contributed by atoms with Crippen LogP contribution in [0.3, 0.4) is 0 Å². The number of ketones is 1. The van der Waals surface area contributed by atoms with Gasteiger partial charge in [0.1, 0.15) is 17.1 Å². The molecule has 0 saturated carbocycles. The average molecular weight is 626 g/mol. The number of pyridine rings is 1. The van der Waals surface area contributed by atoms with Gasteiger partial charge in [-0.3, -0.25) is 14.5 Å². The number of aliphatic hydroxyl groups is 1. The number of ether oxygens (including phenoxy) is 1. The summed E-state index contributed by atoms with van der Waals surface area (Å²) in [6.07, 6.45) is 3.73. The van der Waals surface area contributed by atoms with Crippen molar-refractivity contribution in [1.29, 1.82) is 0 Å². The Bertz CT molecular complexity index is 1880. The number of anilines is 1. The molecule has 1 N–H and O–H groups in total. The van der Waals surface area contributed by atoms with Crippen molar-refractivity contribution in [3.8, 4) is 5.75 Å². The van der Waals surface area contributed by atoms with Crippen LogP contribution < -0.4 is 9.64 Å². The number of rotatable bonds is 10. The number of imidazole rings is 1. The van der Waals surface area contributed by atoms with Crippen molar-refractivity contribution in [2.75, 3.05) is 11.5 Å². The van der Waals surface area contributed by atoms with E-state index in [0.29, 0.717) is 39.4 Å². The molecule has 1 amide bonds. The smallest absolute Gasteiger partial charge is 0.301 e. The van der Waals surface area contributed by atoms with Crippen LogP contribution in [0.1, 0.15) is 53.9 Å². The summed E-state index contributed by atoms with van der Waals surface area (Å²) in [5.74, 6) is -0.648. The third-order valence-corrected chi connectivity index (χ3v) is 9.63. The van der Waals surface area contributed by atoms with Gasteiger partial charge in [0, 0.05) is 11.9 Å². The Labute approximate surface area is 263 Å². The summed E-state index contributed by atoms with van der Waals surface area (Å²) in [6, 6.07) is 20.1. The number of hydrogen-bond acceptors (Lipinski definition) is 9. The van der Waals surface area contributed by atoms with Gasteiger partial charge in [0.05, 0.1) is 23.9 Å². The number of unbranched alkanes of at least 4 members (excludes halogenated alkanes) is 1. The molecule has 0 bridgehead atoms. The minimum atomic E-state index is -0.963. The fraction of sp³-hybridized carbons (Fsp3) is 0.242. The van der Waals surface area contributed by atoms with E-state index < -0.39 is 17.7 Å². The van der Waals surface area contributed by atoms with Crippen molar-refractivity contribution in [3.05, 3.63) is 107 Å². The highest BCUT2D eigenvalue weighted by atomic mass is 32.2. The largest absolute Gasteiger partial charge is 0.505 e. The first-order chi connectivity index (χ1) is 21.4. The zero-order valence-electron chi connectivity index (χ0n) is 24.6. The highest BCUT2D eigenvalue weighted by molar-refractivity contribution is 8.00. The Kier molecular flexibility index (Phi) is 8.49. The first-order valence-electron chi connectivity index (χ1n) is 14.4. The van der Waals surface area contributed by atoms with Gasteiger partial charge in [-0.25, -0.2) is 4.98 Å². The predicted octanol–water partition coefficient (Wildman–Crippen LogP) is 6.90. The predicted molar refractivity (Wildman–Crippen MR) is 172 cm³/mol. The summed E-state index contributed by atoms with van der Waals surface area (Å²) < 4.78 is 8.48. The molecule has 0 aliphatic carbocycles. The van der Waals surface area contributed by atoms with Gasteiger partial charge < -0.3 is 14.2 Å². The number of carbonyl (C=O) groups excluding carboxylic acids is 2. The molecule has 4 heterocycles. The van der Waals surface area contributed by atoms with E-state index in [0.717, 1.165) is 24.0 Å². The van der Waals surface area contributed by atoms with Crippen molar-refractivity contribution in [3.63, 3.8) is 0 Å². The molecular formula is C33H31N5O4S2. The van der Waals surface area contributed by atoms with Gasteiger partial charge in [-0.2, -0.15) is 0 Å². The van der Waals surface area contributed by atoms with Gasteiger partial charge in [0.15, 0.2) is 10.1 Å². The van der Waals surface area contributed by atoms with Gasteiger partial charge in [-0.15, -0.1) is 10.2 Å². The Morgan fingerprint density at radius 2 is 1.86 bits per heavy atom. The number of aliphatic hydroxyl groups excluding tert-OH is 1. The van der Waals surface area contributed by atoms with E-state index in [4.69, 9.17) is 4.74 Å². The molecule has 224 valence electrons. The highest BCUT2D eigenvalue weighted by Gasteiger charge is 2.49. The van der Waals surface area contributed by atoms with Crippen LogP contribution in [0.25, 0.3) is 11.4 Å². The number of carbonyl (C=O) groups is 2. The third-order valence-electron chi connectivity index (χ3n) is 7.50. The second kappa shape index (κ2) is 12.6. The lowest BCUT2D eigenvalue weighted by molar-refractivity contribution is -0.132. The topological polar surface area (TPSA) is 110 Å². The fourth-order valence-electron chi connectivity index (χ4n) is 5.21. The van der Waals surface area contributed by atoms with E-state index in [1.807, 2.05) is 85.1 Å². The number of aryl methyl sites for hydroxylation is 2. The van der Waals surface area contributed by atoms with Crippen LogP contribution in [-0.2, 0) is 15.3 Å². The number of aromatic nitrogens is 4. The van der Waals surface area contributed by atoms with E-state index in [2.05, 4.69) is 22.1 Å². The number of amides is 1. The molecule has 2 aromatic carbocycles. The number of hydrogen-bond donors (Lipinski definition) is 1. The Hall–Kier alpha value is -4.48. The molecule has 1 unspecified atom stereocenters. The van der Waals surface area contributed by atoms with Crippen molar-refractivity contribution < 1.29 is 19.4 Å². The first-order valence-corrected chi connectivity index (χ1v) is 16.2. The SMILES string of the molecule is CCCCOc1cccc(C2/C(=C(\O)c3nc4c(C)cccn4c3C)C(=O)C(=O)N2c2nnc(SCc3ccccc3)s2)c1. The van der Waals surface area contributed by atoms with E-state index >= 15 is 0 Å². The van der Waals surface area contributed by atoms with Gasteiger partial charge in [0.2, 0.25) is 5.13 Å². The minimum absolute atomic E-state index is 0.0569. The number of fused-ring (bicyclic) bond motifs is 1. The summed E-state index contributed by atoms with van der Waals surface area (Å²) in [4.78, 5) is 33.5. The maximum atomic E-state index is 13.8. The maximum absolute atomic E-state index is 13.8. The molecule has 1 fully saturated rings. The third kappa shape index (κ3) is 5.60. The van der Waals surface area contributed by atoms with Crippen LogP contribution in [0.4, 0.5) is 5.13 Å². The van der Waals surface area contributed by atoms with Gasteiger partial charge >= 0.3 is 5.91 Å². The second-order valence-electron chi connectivity index (χ2n) is 10.5. The minimum Gasteiger partial charge on any atom is -0.505 e. The van der Waals surface area contributed by atoms with Gasteiger partial charge in [0.25, 0.3) is 5.78 Å². The standard InChI is InChI=1S/C33H31N5O4S2/c1-4-5-17-42-24-15-9-14-23(18-24)27-25(28(39)26-21(3)37-16-10-11-20(2)30(37)34-26)29(40)31(41)38(27)32-35-36-33(44-32)43-19-22-12-7-6-8-13-22/h6-16,18,27,39H,4-5,17,19H2,1-3H3/b28-25+. The quantitative estimate of drug-likeness (QED) is 0.0446. The molecule has 1 aliphatic rings. The van der Waals surface area contributed by atoms with Gasteiger partial charge in [-0.05, 0) is 55.2 Å². The van der Waals surface area contributed by atoms with Gasteiger partial charge in [-0.1, -0.05) is 85.0 Å². The van der Waals surface area contributed by atoms with Crippen LogP contribution in [-0.4, -0.2) is 43.0 Å². The number of Topliss-reactive ketones (excluding diaryl/α,β-unsaturated/α-hetero) is 1. The lowest BCUT2D eigenvalue weighted by Crippen LogP contribution is -2.29. The molecule has 0 radical (unpaired) electrons. The second-order valence-corrected chi connectivity index (χ2v) is 12.7. The Balaban J connectivity index is 1.44. The van der Waals surface area contributed by atoms with E-state index in [1.54, 1.807) is 6.07 Å². The van der Waals surface area contributed by atoms with Crippen LogP contribution in [0.5, 0.6) is 5.75 Å². The number of benzene rings is 2. The van der Waals surface area contributed by atoms with E-state index in [-0.39, 0.29) is 22.2 Å². The molecule has 0 spiro atoms. The zero-order valence-corrected chi connectivity index (χ0v) is 26.2. The Morgan fingerprint density at radius 3 is 2.64 bits per heavy atom. The molecule has 1 atom stereocenters. The normalized spacial score (nSPS) is 16.2. The average Bonchev–Trinajstić information content (AvgIpc) is 3.72. The highest BCUT2D eigenvalue weighted by Crippen LogP contribution is 2.45. The summed E-state index contributed by atoms with van der Waals surface area (Å²) in [6.45, 7) is 6.38. The molecule has 6 rings (SSSR count). The van der Waals surface area contributed by atoms with E-state index in [1.165, 1.54) is 28.0 Å². The number of thioether (sulfide) groups is 1. The molecule has 5 aromatic rings. The summed E-state index contributed by atoms with van der Waals surface area (Å²) >= 11 is 2.73. The molecule has 11 heteroatoms. The molecule has 44 heavy (non-hydrogen) atoms. The molecule has 3 aromatic heterocycles. The Morgan fingerprint density at radius 1 is 1.05 bits per heavy atom. The fourth-order valence-corrected chi connectivity index (χ4v) is 7.03. The molecule has 9 nitrogen and oxygen atoms in total. The monoisotopic (exact) mass is 625 g/mol. The van der Waals surface area contributed by atoms with Crippen molar-refractivity contribution >= 4 is 51.3 Å². The maximum Gasteiger partial charge on any atom is 0.301 e. The summed E-state index contributed by atoms with van der Waals surface area (Å²) in [5, 5.41) is 20.7. The van der Waals surface area contributed by atoms with Crippen LogP contribution in [0.2, 0.25) is 0 Å². The van der Waals surface area contributed by atoms with Crippen LogP contribution >= 0.6 is 23.1 Å². The van der Waals surface area contributed by atoms with Crippen molar-refractivity contribution in [2.45, 2.75) is 49.7 Å². The zero-order chi connectivity index (χ0) is 30.8. The molecule has 1 aliphatic heterocycles. The summed E-state index contributed by atoms with van der Waals surface area (Å²) in [5.41, 5.74) is 4.15. The lowest BCUT2D eigenvalue weighted by atomic mass is 9.96. The van der Waals surface area contributed by atoms with Crippen LogP contribution in [0.15, 0.2) is 82.8 Å².